The zero-order valence-corrected chi connectivity index (χ0v) is 14.6. The summed E-state index contributed by atoms with van der Waals surface area (Å²) < 4.78 is 0. The Labute approximate surface area is 126 Å². The van der Waals surface area contributed by atoms with Gasteiger partial charge in [-0.25, -0.2) is 4.98 Å². The SMILES string of the molecule is CC(C)Nc1ccccn1.CC(C)[CH2][Al][CH2]C(C)C. The van der Waals surface area contributed by atoms with Gasteiger partial charge in [-0.1, -0.05) is 45.6 Å². The molecule has 0 atom stereocenters. The molecule has 0 saturated carbocycles. The Morgan fingerprint density at radius 3 is 1.95 bits per heavy atom. The van der Waals surface area contributed by atoms with E-state index in [1.54, 1.807) is 6.20 Å². The van der Waals surface area contributed by atoms with Crippen molar-refractivity contribution < 1.29 is 0 Å². The Hall–Kier alpha value is -0.518. The van der Waals surface area contributed by atoms with Crippen LogP contribution in [0.5, 0.6) is 0 Å². The molecule has 0 aliphatic heterocycles. The molecule has 0 aliphatic carbocycles. The van der Waals surface area contributed by atoms with Crippen molar-refractivity contribution in [1.29, 1.82) is 0 Å². The highest BCUT2D eigenvalue weighted by molar-refractivity contribution is 6.35. The third-order valence-electron chi connectivity index (χ3n) is 2.38. The Morgan fingerprint density at radius 2 is 1.58 bits per heavy atom. The van der Waals surface area contributed by atoms with E-state index in [0.29, 0.717) is 6.04 Å². The van der Waals surface area contributed by atoms with Crippen LogP contribution in [0.2, 0.25) is 10.6 Å². The van der Waals surface area contributed by atoms with E-state index in [0.717, 1.165) is 32.9 Å². The number of pyridine rings is 1. The highest BCUT2D eigenvalue weighted by atomic mass is 27.1. The minimum Gasteiger partial charge on any atom is -0.368 e. The van der Waals surface area contributed by atoms with Crippen LogP contribution in [0, 0.1) is 11.8 Å². The third kappa shape index (κ3) is 13.7. The van der Waals surface area contributed by atoms with Gasteiger partial charge in [-0.2, -0.15) is 0 Å². The predicted octanol–water partition coefficient (Wildman–Crippen LogP) is 4.74. The average molecular weight is 277 g/mol. The Morgan fingerprint density at radius 1 is 1.00 bits per heavy atom. The number of rotatable bonds is 6. The Kier molecular flexibility index (Phi) is 11.0. The summed E-state index contributed by atoms with van der Waals surface area (Å²) in [6, 6.07) is 6.29. The Balaban J connectivity index is 0.000000344. The lowest BCUT2D eigenvalue weighted by molar-refractivity contribution is 0.700. The topological polar surface area (TPSA) is 24.9 Å². The first kappa shape index (κ1) is 18.5. The average Bonchev–Trinajstić information content (AvgIpc) is 2.29. The fourth-order valence-electron chi connectivity index (χ4n) is 1.51. The first-order chi connectivity index (χ1) is 8.91. The lowest BCUT2D eigenvalue weighted by atomic mass is 10.3. The molecule has 1 radical (unpaired) electrons. The van der Waals surface area contributed by atoms with E-state index in [4.69, 9.17) is 0 Å². The van der Waals surface area contributed by atoms with Gasteiger partial charge in [0.15, 0.2) is 0 Å². The van der Waals surface area contributed by atoms with Crippen molar-refractivity contribution in [3.63, 3.8) is 0 Å². The van der Waals surface area contributed by atoms with Gasteiger partial charge in [-0.3, -0.25) is 0 Å². The van der Waals surface area contributed by atoms with Gasteiger partial charge in [0, 0.05) is 12.2 Å². The maximum absolute atomic E-state index is 4.11. The summed E-state index contributed by atoms with van der Waals surface area (Å²) in [5, 5.41) is 6.16. The molecule has 2 nitrogen and oxygen atoms in total. The van der Waals surface area contributed by atoms with Crippen LogP contribution in [0.1, 0.15) is 41.5 Å². The van der Waals surface area contributed by atoms with Crippen molar-refractivity contribution >= 4 is 21.0 Å². The molecule has 0 fully saturated rings. The number of nitrogens with zero attached hydrogens (tertiary/aromatic N) is 1. The van der Waals surface area contributed by atoms with Crippen molar-refractivity contribution in [2.45, 2.75) is 58.1 Å². The minimum atomic E-state index is 0.454. The molecule has 0 saturated heterocycles. The molecule has 1 aromatic rings. The summed E-state index contributed by atoms with van der Waals surface area (Å²) in [5.74, 6) is 2.80. The van der Waals surface area contributed by atoms with E-state index in [1.807, 2.05) is 18.2 Å². The molecule has 1 aromatic heterocycles. The molecule has 1 N–H and O–H groups in total. The molecule has 0 unspecified atom stereocenters. The van der Waals surface area contributed by atoms with Gasteiger partial charge in [0.25, 0.3) is 0 Å². The molecule has 0 aliphatic rings. The highest BCUT2D eigenvalue weighted by Crippen LogP contribution is 2.05. The predicted molar refractivity (Wildman–Crippen MR) is 88.0 cm³/mol. The normalized spacial score (nSPS) is 10.4. The smallest absolute Gasteiger partial charge is 0.200 e. The zero-order chi connectivity index (χ0) is 14.7. The van der Waals surface area contributed by atoms with Crippen LogP contribution in [0.15, 0.2) is 24.4 Å². The molecule has 0 spiro atoms. The van der Waals surface area contributed by atoms with E-state index >= 15 is 0 Å². The molecule has 107 valence electrons. The zero-order valence-electron chi connectivity index (χ0n) is 13.5. The van der Waals surface area contributed by atoms with Crippen LogP contribution in [0.25, 0.3) is 0 Å². The molecule has 0 bridgehead atoms. The summed E-state index contributed by atoms with van der Waals surface area (Å²) in [6.07, 6.45) is 1.78. The van der Waals surface area contributed by atoms with Crippen LogP contribution >= 0.6 is 0 Å². The molecular formula is C16H30AlN2. The summed E-state index contributed by atoms with van der Waals surface area (Å²) in [7, 11) is 0. The van der Waals surface area contributed by atoms with E-state index in [2.05, 4.69) is 51.8 Å². The monoisotopic (exact) mass is 277 g/mol. The standard InChI is InChI=1S/C8H12N2.2C4H9.Al/c1-7(2)10-8-5-3-4-6-9-8;2*1-4(2)3;/h3-7H,1-2H3,(H,9,10);2*4H,1H2,2-3H3;. The summed E-state index contributed by atoms with van der Waals surface area (Å²) >= 11 is 0.755. The van der Waals surface area contributed by atoms with Crippen molar-refractivity contribution in [2.24, 2.45) is 11.8 Å². The van der Waals surface area contributed by atoms with Crippen LogP contribution in [-0.4, -0.2) is 26.2 Å². The number of anilines is 1. The van der Waals surface area contributed by atoms with Gasteiger partial charge >= 0.3 is 0 Å². The Bertz CT molecular complexity index is 289. The number of hydrogen-bond acceptors (Lipinski definition) is 2. The molecule has 1 heterocycles. The summed E-state index contributed by atoms with van der Waals surface area (Å²) in [6.45, 7) is 13.4. The molecule has 3 heteroatoms. The van der Waals surface area contributed by atoms with Gasteiger partial charge in [0.05, 0.1) is 0 Å². The lowest BCUT2D eigenvalue weighted by Gasteiger charge is -2.06. The lowest BCUT2D eigenvalue weighted by Crippen LogP contribution is -2.10. The third-order valence-corrected chi connectivity index (χ3v) is 4.93. The quantitative estimate of drug-likeness (QED) is 0.760. The summed E-state index contributed by atoms with van der Waals surface area (Å²) in [5.41, 5.74) is 0. The van der Waals surface area contributed by atoms with Gasteiger partial charge in [0.1, 0.15) is 5.82 Å². The fraction of sp³-hybridized carbons (Fsp3) is 0.688. The molecule has 0 aromatic carbocycles. The number of nitrogens with one attached hydrogen (secondary N) is 1. The van der Waals surface area contributed by atoms with Crippen LogP contribution in [0.4, 0.5) is 5.82 Å². The van der Waals surface area contributed by atoms with Gasteiger partial charge in [0.2, 0.25) is 15.2 Å². The maximum atomic E-state index is 4.11. The minimum absolute atomic E-state index is 0.454. The molecule has 1 rings (SSSR count). The molecule has 0 amide bonds. The van der Waals surface area contributed by atoms with E-state index in [1.165, 1.54) is 10.6 Å². The fourth-order valence-corrected chi connectivity index (χ4v) is 3.03. The first-order valence-electron chi connectivity index (χ1n) is 7.41. The van der Waals surface area contributed by atoms with Crippen LogP contribution in [-0.2, 0) is 0 Å². The van der Waals surface area contributed by atoms with Crippen molar-refractivity contribution in [1.82, 2.24) is 4.98 Å². The second-order valence-electron chi connectivity index (χ2n) is 6.06. The van der Waals surface area contributed by atoms with Crippen LogP contribution < -0.4 is 5.32 Å². The largest absolute Gasteiger partial charge is 0.368 e. The van der Waals surface area contributed by atoms with Gasteiger partial charge in [-0.15, -0.1) is 10.6 Å². The van der Waals surface area contributed by atoms with Gasteiger partial charge < -0.3 is 5.32 Å². The second kappa shape index (κ2) is 11.3. The van der Waals surface area contributed by atoms with E-state index in [-0.39, 0.29) is 0 Å². The van der Waals surface area contributed by atoms with Crippen molar-refractivity contribution in [3.8, 4) is 0 Å². The van der Waals surface area contributed by atoms with Crippen LogP contribution in [0.3, 0.4) is 0 Å². The van der Waals surface area contributed by atoms with Gasteiger partial charge in [-0.05, 0) is 26.0 Å². The second-order valence-corrected chi connectivity index (χ2v) is 7.58. The number of hydrogen-bond donors (Lipinski definition) is 1. The van der Waals surface area contributed by atoms with Crippen molar-refractivity contribution in [3.05, 3.63) is 24.4 Å². The maximum Gasteiger partial charge on any atom is 0.200 e. The van der Waals surface area contributed by atoms with E-state index in [9.17, 15) is 0 Å². The van der Waals surface area contributed by atoms with Crippen molar-refractivity contribution in [2.75, 3.05) is 5.32 Å². The highest BCUT2D eigenvalue weighted by Gasteiger charge is 1.98. The summed E-state index contributed by atoms with van der Waals surface area (Å²) in [4.78, 5) is 4.11. The first-order valence-corrected chi connectivity index (χ1v) is 9.04. The van der Waals surface area contributed by atoms with E-state index < -0.39 is 0 Å². The number of aromatic nitrogens is 1. The molecular weight excluding hydrogens is 247 g/mol. The molecule has 19 heavy (non-hydrogen) atoms.